The Labute approximate surface area is 127 Å². The second-order valence-electron chi connectivity index (χ2n) is 5.60. The topological polar surface area (TPSA) is 73.9 Å². The van der Waals surface area contributed by atoms with Crippen LogP contribution in [0.4, 0.5) is 0 Å². The number of nitrogens with zero attached hydrogens (tertiary/aromatic N) is 2. The van der Waals surface area contributed by atoms with E-state index in [-0.39, 0.29) is 5.84 Å². The minimum atomic E-state index is 0.158. The Balaban J connectivity index is 2.31. The van der Waals surface area contributed by atoms with Gasteiger partial charge in [0.25, 0.3) is 0 Å². The molecule has 0 heterocycles. The molecular weight excluding hydrogens is 264 g/mol. The van der Waals surface area contributed by atoms with Gasteiger partial charge in [-0.05, 0) is 52.4 Å². The lowest BCUT2D eigenvalue weighted by molar-refractivity contribution is 0.268. The van der Waals surface area contributed by atoms with Gasteiger partial charge in [0.2, 0.25) is 0 Å². The van der Waals surface area contributed by atoms with E-state index in [1.165, 1.54) is 6.42 Å². The predicted octanol–water partition coefficient (Wildman–Crippen LogP) is 1.99. The van der Waals surface area contributed by atoms with E-state index >= 15 is 0 Å². The summed E-state index contributed by atoms with van der Waals surface area (Å²) >= 11 is 0. The molecule has 1 rings (SSSR count). The van der Waals surface area contributed by atoms with E-state index in [0.29, 0.717) is 6.04 Å². The minimum Gasteiger partial charge on any atom is -0.409 e. The maximum Gasteiger partial charge on any atom is 0.170 e. The van der Waals surface area contributed by atoms with Crippen LogP contribution in [0, 0.1) is 0 Å². The summed E-state index contributed by atoms with van der Waals surface area (Å²) in [5.41, 5.74) is 7.51. The first kappa shape index (κ1) is 17.5. The minimum absolute atomic E-state index is 0.158. The number of hydrogen-bond donors (Lipinski definition) is 3. The highest BCUT2D eigenvalue weighted by molar-refractivity contribution is 5.98. The molecule has 5 heteroatoms. The van der Waals surface area contributed by atoms with E-state index in [1.807, 2.05) is 24.3 Å². The summed E-state index contributed by atoms with van der Waals surface area (Å²) in [6.45, 7) is 7.24. The van der Waals surface area contributed by atoms with Crippen molar-refractivity contribution in [2.24, 2.45) is 10.9 Å². The molecule has 1 aromatic rings. The Hall–Kier alpha value is -1.59. The average Bonchev–Trinajstić information content (AvgIpc) is 2.49. The Kier molecular flexibility index (Phi) is 7.79. The SMILES string of the molecule is CC(C)N(C)CCCCNCc1ccccc1C(N)=NO. The van der Waals surface area contributed by atoms with Crippen LogP contribution in [0.3, 0.4) is 0 Å². The van der Waals surface area contributed by atoms with E-state index in [2.05, 4.69) is 36.3 Å². The molecule has 4 N–H and O–H groups in total. The molecular formula is C16H28N4O. The van der Waals surface area contributed by atoms with Gasteiger partial charge in [0.15, 0.2) is 5.84 Å². The largest absolute Gasteiger partial charge is 0.409 e. The standard InChI is InChI=1S/C16H28N4O/c1-13(2)20(3)11-7-6-10-18-12-14-8-4-5-9-15(14)16(17)19-21/h4-5,8-9,13,18,21H,6-7,10-12H2,1-3H3,(H2,17,19). The third kappa shape index (κ3) is 6.14. The molecule has 0 fully saturated rings. The lowest BCUT2D eigenvalue weighted by Gasteiger charge is -2.20. The van der Waals surface area contributed by atoms with Crippen LogP contribution in [0.25, 0.3) is 0 Å². The maximum atomic E-state index is 8.79. The average molecular weight is 292 g/mol. The monoisotopic (exact) mass is 292 g/mol. The first-order valence-corrected chi connectivity index (χ1v) is 7.53. The highest BCUT2D eigenvalue weighted by atomic mass is 16.4. The number of amidine groups is 1. The van der Waals surface area contributed by atoms with Crippen LogP contribution in [-0.2, 0) is 6.54 Å². The van der Waals surface area contributed by atoms with Gasteiger partial charge in [-0.1, -0.05) is 29.4 Å². The van der Waals surface area contributed by atoms with Gasteiger partial charge in [-0.2, -0.15) is 0 Å². The number of oxime groups is 1. The quantitative estimate of drug-likeness (QED) is 0.214. The van der Waals surface area contributed by atoms with Gasteiger partial charge in [-0.15, -0.1) is 0 Å². The normalized spacial score (nSPS) is 12.3. The summed E-state index contributed by atoms with van der Waals surface area (Å²) in [6, 6.07) is 8.31. The summed E-state index contributed by atoms with van der Waals surface area (Å²) in [5.74, 6) is 0.158. The molecule has 118 valence electrons. The van der Waals surface area contributed by atoms with Crippen molar-refractivity contribution in [3.8, 4) is 0 Å². The molecule has 0 amide bonds. The van der Waals surface area contributed by atoms with Gasteiger partial charge in [0.05, 0.1) is 0 Å². The number of rotatable bonds is 9. The number of benzene rings is 1. The fourth-order valence-electron chi connectivity index (χ4n) is 2.07. The molecule has 21 heavy (non-hydrogen) atoms. The van der Waals surface area contributed by atoms with Crippen LogP contribution in [0.1, 0.15) is 37.8 Å². The number of unbranched alkanes of at least 4 members (excludes halogenated alkanes) is 1. The Morgan fingerprint density at radius 3 is 2.71 bits per heavy atom. The lowest BCUT2D eigenvalue weighted by atomic mass is 10.1. The predicted molar refractivity (Wildman–Crippen MR) is 87.7 cm³/mol. The van der Waals surface area contributed by atoms with Crippen molar-refractivity contribution in [3.63, 3.8) is 0 Å². The maximum absolute atomic E-state index is 8.79. The van der Waals surface area contributed by atoms with Gasteiger partial charge in [-0.25, -0.2) is 0 Å². The summed E-state index contributed by atoms with van der Waals surface area (Å²) in [7, 11) is 2.16. The Morgan fingerprint density at radius 1 is 1.33 bits per heavy atom. The van der Waals surface area contributed by atoms with Crippen molar-refractivity contribution < 1.29 is 5.21 Å². The smallest absolute Gasteiger partial charge is 0.170 e. The van der Waals surface area contributed by atoms with Crippen LogP contribution in [0.15, 0.2) is 29.4 Å². The highest BCUT2D eigenvalue weighted by Gasteiger charge is 2.06. The van der Waals surface area contributed by atoms with Gasteiger partial charge in [0, 0.05) is 18.2 Å². The molecule has 0 spiro atoms. The molecule has 0 unspecified atom stereocenters. The summed E-state index contributed by atoms with van der Waals surface area (Å²) in [6.07, 6.45) is 2.33. The van der Waals surface area contributed by atoms with Crippen molar-refractivity contribution in [2.75, 3.05) is 20.1 Å². The fraction of sp³-hybridized carbons (Fsp3) is 0.562. The Bertz CT molecular complexity index is 446. The second kappa shape index (κ2) is 9.37. The van der Waals surface area contributed by atoms with E-state index in [0.717, 1.165) is 37.2 Å². The third-order valence-corrected chi connectivity index (χ3v) is 3.71. The van der Waals surface area contributed by atoms with Gasteiger partial charge < -0.3 is 21.2 Å². The van der Waals surface area contributed by atoms with Crippen molar-refractivity contribution in [2.45, 2.75) is 39.3 Å². The fourth-order valence-corrected chi connectivity index (χ4v) is 2.07. The zero-order chi connectivity index (χ0) is 15.7. The molecule has 0 radical (unpaired) electrons. The molecule has 0 aliphatic carbocycles. The number of nitrogens with one attached hydrogen (secondary N) is 1. The summed E-state index contributed by atoms with van der Waals surface area (Å²) < 4.78 is 0. The van der Waals surface area contributed by atoms with Crippen LogP contribution >= 0.6 is 0 Å². The molecule has 0 aromatic heterocycles. The van der Waals surface area contributed by atoms with Gasteiger partial charge in [-0.3, -0.25) is 0 Å². The van der Waals surface area contributed by atoms with E-state index < -0.39 is 0 Å². The van der Waals surface area contributed by atoms with Gasteiger partial charge >= 0.3 is 0 Å². The molecule has 0 aliphatic heterocycles. The molecule has 0 bridgehead atoms. The zero-order valence-electron chi connectivity index (χ0n) is 13.3. The van der Waals surface area contributed by atoms with Crippen molar-refractivity contribution >= 4 is 5.84 Å². The molecule has 0 saturated heterocycles. The number of hydrogen-bond acceptors (Lipinski definition) is 4. The van der Waals surface area contributed by atoms with E-state index in [4.69, 9.17) is 10.9 Å². The van der Waals surface area contributed by atoms with E-state index in [1.54, 1.807) is 0 Å². The molecule has 0 aliphatic rings. The lowest BCUT2D eigenvalue weighted by Crippen LogP contribution is -2.28. The first-order valence-electron chi connectivity index (χ1n) is 7.53. The van der Waals surface area contributed by atoms with E-state index in [9.17, 15) is 0 Å². The highest BCUT2D eigenvalue weighted by Crippen LogP contribution is 2.08. The van der Waals surface area contributed by atoms with Crippen molar-refractivity contribution in [1.29, 1.82) is 0 Å². The summed E-state index contributed by atoms with van der Waals surface area (Å²) in [5, 5.41) is 15.3. The molecule has 1 aromatic carbocycles. The molecule has 0 atom stereocenters. The van der Waals surface area contributed by atoms with Crippen LogP contribution in [0.5, 0.6) is 0 Å². The molecule has 5 nitrogen and oxygen atoms in total. The van der Waals surface area contributed by atoms with Crippen LogP contribution in [-0.4, -0.2) is 42.1 Å². The van der Waals surface area contributed by atoms with Crippen LogP contribution < -0.4 is 11.1 Å². The van der Waals surface area contributed by atoms with Crippen molar-refractivity contribution in [1.82, 2.24) is 10.2 Å². The van der Waals surface area contributed by atoms with Crippen LogP contribution in [0.2, 0.25) is 0 Å². The zero-order valence-corrected chi connectivity index (χ0v) is 13.3. The van der Waals surface area contributed by atoms with Crippen molar-refractivity contribution in [3.05, 3.63) is 35.4 Å². The number of nitrogens with two attached hydrogens (primary N) is 1. The first-order chi connectivity index (χ1) is 10.1. The third-order valence-electron chi connectivity index (χ3n) is 3.71. The van der Waals surface area contributed by atoms with Gasteiger partial charge in [0.1, 0.15) is 0 Å². The summed E-state index contributed by atoms with van der Waals surface area (Å²) in [4.78, 5) is 2.35. The Morgan fingerprint density at radius 2 is 2.05 bits per heavy atom. The second-order valence-corrected chi connectivity index (χ2v) is 5.60. The molecule has 0 saturated carbocycles.